The summed E-state index contributed by atoms with van der Waals surface area (Å²) in [5.74, 6) is -0.528. The number of nitrogens with one attached hydrogen (secondary N) is 1. The summed E-state index contributed by atoms with van der Waals surface area (Å²) in [5.41, 5.74) is -0.235. The molecule has 0 spiro atoms. The lowest BCUT2D eigenvalue weighted by atomic mass is 9.90. The first kappa shape index (κ1) is 19.1. The molecule has 1 N–H and O–H groups in total. The molecule has 4 heterocycles. The Kier molecular flexibility index (Phi) is 4.78. The second-order valence-corrected chi connectivity index (χ2v) is 7.35. The molecule has 1 amide bonds. The lowest BCUT2D eigenvalue weighted by molar-refractivity contribution is -0.203. The first-order valence-electron chi connectivity index (χ1n) is 9.02. The van der Waals surface area contributed by atoms with E-state index in [1.807, 2.05) is 7.05 Å². The summed E-state index contributed by atoms with van der Waals surface area (Å²) in [6.07, 6.45) is -4.84. The number of ether oxygens (including phenoxy) is 1. The first-order valence-corrected chi connectivity index (χ1v) is 9.02. The molecule has 2 bridgehead atoms. The maximum absolute atomic E-state index is 14.0. The SMILES string of the molecule is CN1[C@@H]2COC[C@H]1CC(NC(=O)c1cn([C@H](F)C(F)(F)F)c3ncccc13)C2. The normalized spacial score (nSPS) is 27.0. The van der Waals surface area contributed by atoms with Crippen LogP contribution in [0.4, 0.5) is 17.6 Å². The van der Waals surface area contributed by atoms with Crippen molar-refractivity contribution >= 4 is 16.9 Å². The molecule has 0 aliphatic carbocycles. The van der Waals surface area contributed by atoms with Crippen LogP contribution in [-0.2, 0) is 4.74 Å². The number of pyridine rings is 1. The molecule has 152 valence electrons. The van der Waals surface area contributed by atoms with E-state index in [2.05, 4.69) is 15.2 Å². The number of rotatable bonds is 3. The molecule has 2 aromatic rings. The second kappa shape index (κ2) is 7.00. The van der Waals surface area contributed by atoms with Crippen LogP contribution in [0.15, 0.2) is 24.5 Å². The summed E-state index contributed by atoms with van der Waals surface area (Å²) in [7, 11) is 2.02. The van der Waals surface area contributed by atoms with Crippen LogP contribution in [0.2, 0.25) is 0 Å². The van der Waals surface area contributed by atoms with Gasteiger partial charge >= 0.3 is 6.18 Å². The zero-order valence-corrected chi connectivity index (χ0v) is 15.1. The third-order valence-corrected chi connectivity index (χ3v) is 5.57. The molecule has 2 saturated heterocycles. The number of hydrogen-bond acceptors (Lipinski definition) is 4. The molecule has 10 heteroatoms. The highest BCUT2D eigenvalue weighted by Gasteiger charge is 2.43. The monoisotopic (exact) mass is 400 g/mol. The van der Waals surface area contributed by atoms with Gasteiger partial charge in [0.05, 0.1) is 18.8 Å². The number of carbonyl (C=O) groups excluding carboxylic acids is 1. The lowest BCUT2D eigenvalue weighted by Crippen LogP contribution is -2.59. The van der Waals surface area contributed by atoms with Gasteiger partial charge in [0.25, 0.3) is 12.2 Å². The van der Waals surface area contributed by atoms with Crippen LogP contribution in [0.1, 0.15) is 29.5 Å². The third kappa shape index (κ3) is 3.35. The molecule has 0 aromatic carbocycles. The van der Waals surface area contributed by atoms with Crippen LogP contribution in [0.3, 0.4) is 0 Å². The largest absolute Gasteiger partial charge is 0.439 e. The van der Waals surface area contributed by atoms with Crippen LogP contribution in [0.5, 0.6) is 0 Å². The number of likely N-dealkylation sites (N-methyl/N-ethyl adjacent to an activating group) is 1. The fourth-order valence-electron chi connectivity index (χ4n) is 4.07. The molecule has 2 aromatic heterocycles. The summed E-state index contributed by atoms with van der Waals surface area (Å²) in [6.45, 7) is 1.16. The van der Waals surface area contributed by atoms with Gasteiger partial charge in [-0.25, -0.2) is 9.37 Å². The van der Waals surface area contributed by atoms with Gasteiger partial charge in [0.2, 0.25) is 0 Å². The van der Waals surface area contributed by atoms with Crippen molar-refractivity contribution in [1.82, 2.24) is 19.8 Å². The van der Waals surface area contributed by atoms with Gasteiger partial charge in [0, 0.05) is 35.9 Å². The molecule has 0 radical (unpaired) electrons. The second-order valence-electron chi connectivity index (χ2n) is 7.35. The predicted molar refractivity (Wildman–Crippen MR) is 92.6 cm³/mol. The van der Waals surface area contributed by atoms with E-state index in [1.54, 1.807) is 0 Å². The molecule has 6 nitrogen and oxygen atoms in total. The van der Waals surface area contributed by atoms with Crippen LogP contribution in [0.25, 0.3) is 11.0 Å². The Bertz CT molecular complexity index is 870. The van der Waals surface area contributed by atoms with E-state index in [0.717, 1.165) is 6.20 Å². The average molecular weight is 400 g/mol. The lowest BCUT2D eigenvalue weighted by Gasteiger charge is -2.46. The number of halogens is 4. The van der Waals surface area contributed by atoms with E-state index in [4.69, 9.17) is 4.74 Å². The summed E-state index contributed by atoms with van der Waals surface area (Å²) >= 11 is 0. The third-order valence-electron chi connectivity index (χ3n) is 5.57. The van der Waals surface area contributed by atoms with Crippen LogP contribution in [0, 0.1) is 0 Å². The van der Waals surface area contributed by atoms with E-state index in [9.17, 15) is 22.4 Å². The van der Waals surface area contributed by atoms with Gasteiger partial charge in [-0.15, -0.1) is 0 Å². The molecule has 28 heavy (non-hydrogen) atoms. The number of amides is 1. The summed E-state index contributed by atoms with van der Waals surface area (Å²) < 4.78 is 58.5. The minimum absolute atomic E-state index is 0.0182. The van der Waals surface area contributed by atoms with Gasteiger partial charge in [0.15, 0.2) is 0 Å². The molecule has 2 fully saturated rings. The molecular weight excluding hydrogens is 380 g/mol. The Morgan fingerprint density at radius 1 is 1.32 bits per heavy atom. The van der Waals surface area contributed by atoms with Crippen molar-refractivity contribution in [2.45, 2.75) is 43.4 Å². The minimum atomic E-state index is -5.09. The van der Waals surface area contributed by atoms with Crippen molar-refractivity contribution in [1.29, 1.82) is 0 Å². The number of nitrogens with zero attached hydrogens (tertiary/aromatic N) is 3. The number of alkyl halides is 4. The highest BCUT2D eigenvalue weighted by Crippen LogP contribution is 2.35. The number of aromatic nitrogens is 2. The van der Waals surface area contributed by atoms with Crippen LogP contribution < -0.4 is 5.32 Å². The highest BCUT2D eigenvalue weighted by molar-refractivity contribution is 6.06. The average Bonchev–Trinajstić information content (AvgIpc) is 3.01. The van der Waals surface area contributed by atoms with E-state index < -0.39 is 18.4 Å². The number of fused-ring (bicyclic) bond motifs is 3. The van der Waals surface area contributed by atoms with E-state index in [0.29, 0.717) is 30.6 Å². The molecule has 4 rings (SSSR count). The topological polar surface area (TPSA) is 59.4 Å². The standard InChI is InChI=1S/C18H20F4N4O2/c1-25-11-5-10(6-12(25)9-28-8-11)24-16(27)14-7-26(17(19)18(20,21)22)15-13(14)3-2-4-23-15/h2-4,7,10-12,17H,5-6,8-9H2,1H3,(H,24,27)/t10?,11-,12+,17-/m0/s1. The number of piperidine rings is 1. The zero-order valence-electron chi connectivity index (χ0n) is 15.1. The van der Waals surface area contributed by atoms with Gasteiger partial charge in [-0.05, 0) is 32.0 Å². The summed E-state index contributed by atoms with van der Waals surface area (Å²) in [4.78, 5) is 18.9. The Morgan fingerprint density at radius 3 is 2.64 bits per heavy atom. The van der Waals surface area contributed by atoms with Crippen LogP contribution in [-0.4, -0.2) is 64.9 Å². The van der Waals surface area contributed by atoms with E-state index in [1.165, 1.54) is 18.3 Å². The van der Waals surface area contributed by atoms with Gasteiger partial charge in [-0.2, -0.15) is 13.2 Å². The van der Waals surface area contributed by atoms with Gasteiger partial charge < -0.3 is 10.1 Å². The van der Waals surface area contributed by atoms with Crippen molar-refractivity contribution in [3.05, 3.63) is 30.1 Å². The van der Waals surface area contributed by atoms with Crippen molar-refractivity contribution in [2.24, 2.45) is 0 Å². The van der Waals surface area contributed by atoms with Crippen molar-refractivity contribution in [3.63, 3.8) is 0 Å². The first-order chi connectivity index (χ1) is 13.3. The van der Waals surface area contributed by atoms with Gasteiger partial charge in [0.1, 0.15) is 5.65 Å². The summed E-state index contributed by atoms with van der Waals surface area (Å²) in [6, 6.07) is 3.21. The Morgan fingerprint density at radius 2 is 2.00 bits per heavy atom. The van der Waals surface area contributed by atoms with E-state index >= 15 is 0 Å². The van der Waals surface area contributed by atoms with E-state index in [-0.39, 0.29) is 34.7 Å². The highest BCUT2D eigenvalue weighted by atomic mass is 19.4. The van der Waals surface area contributed by atoms with Crippen LogP contribution >= 0.6 is 0 Å². The summed E-state index contributed by atoms with van der Waals surface area (Å²) in [5, 5.41) is 3.09. The number of hydrogen-bond donors (Lipinski definition) is 1. The molecular formula is C18H20F4N4O2. The fraction of sp³-hybridized carbons (Fsp3) is 0.556. The van der Waals surface area contributed by atoms with Crippen molar-refractivity contribution < 1.29 is 27.1 Å². The maximum Gasteiger partial charge on any atom is 0.439 e. The van der Waals surface area contributed by atoms with Crippen molar-refractivity contribution in [2.75, 3.05) is 20.3 Å². The number of morpholine rings is 1. The Balaban J connectivity index is 1.60. The van der Waals surface area contributed by atoms with Gasteiger partial charge in [-0.3, -0.25) is 14.3 Å². The zero-order chi connectivity index (χ0) is 20.1. The minimum Gasteiger partial charge on any atom is -0.378 e. The fourth-order valence-corrected chi connectivity index (χ4v) is 4.07. The Hall–Kier alpha value is -2.20. The smallest absolute Gasteiger partial charge is 0.378 e. The molecule has 1 unspecified atom stereocenters. The predicted octanol–water partition coefficient (Wildman–Crippen LogP) is 2.66. The molecule has 2 aliphatic heterocycles. The number of carbonyl (C=O) groups is 1. The molecule has 4 atom stereocenters. The maximum atomic E-state index is 14.0. The molecule has 0 saturated carbocycles. The molecule has 2 aliphatic rings. The van der Waals surface area contributed by atoms with Crippen molar-refractivity contribution in [3.8, 4) is 0 Å². The Labute approximate surface area is 158 Å². The van der Waals surface area contributed by atoms with Gasteiger partial charge in [-0.1, -0.05) is 0 Å². The quantitative estimate of drug-likeness (QED) is 0.805.